The smallest absolute Gasteiger partial charge is 0.123 e. The maximum absolute atomic E-state index is 13.2. The first-order valence-corrected chi connectivity index (χ1v) is 7.12. The van der Waals surface area contributed by atoms with Gasteiger partial charge in [0.1, 0.15) is 5.82 Å². The number of aliphatic hydroxyl groups is 1. The van der Waals surface area contributed by atoms with Gasteiger partial charge in [-0.2, -0.15) is 0 Å². The second kappa shape index (κ2) is 5.59. The highest BCUT2D eigenvalue weighted by molar-refractivity contribution is 5.32. The van der Waals surface area contributed by atoms with Crippen molar-refractivity contribution in [1.29, 1.82) is 0 Å². The summed E-state index contributed by atoms with van der Waals surface area (Å²) in [6.07, 6.45) is 1.46. The van der Waals surface area contributed by atoms with E-state index >= 15 is 0 Å². The van der Waals surface area contributed by atoms with Gasteiger partial charge in [-0.3, -0.25) is 0 Å². The Morgan fingerprint density at radius 1 is 1.32 bits per heavy atom. The SMILES string of the molecule is Cc1cc(F)ccc1C1(O)CCN(CC(C)C)CC1. The minimum absolute atomic E-state index is 0.234. The Kier molecular flexibility index (Phi) is 4.26. The van der Waals surface area contributed by atoms with Crippen molar-refractivity contribution in [1.82, 2.24) is 4.90 Å². The third-order valence-electron chi connectivity index (χ3n) is 4.00. The third kappa shape index (κ3) is 3.34. The summed E-state index contributed by atoms with van der Waals surface area (Å²) in [6, 6.07) is 4.69. The van der Waals surface area contributed by atoms with Crippen LogP contribution in [0.1, 0.15) is 37.8 Å². The monoisotopic (exact) mass is 265 g/mol. The molecule has 0 saturated carbocycles. The highest BCUT2D eigenvalue weighted by atomic mass is 19.1. The summed E-state index contributed by atoms with van der Waals surface area (Å²) in [5.41, 5.74) is 0.948. The van der Waals surface area contributed by atoms with Crippen molar-refractivity contribution in [2.75, 3.05) is 19.6 Å². The van der Waals surface area contributed by atoms with E-state index in [4.69, 9.17) is 0 Å². The van der Waals surface area contributed by atoms with Crippen LogP contribution in [0.5, 0.6) is 0 Å². The first-order chi connectivity index (χ1) is 8.90. The predicted octanol–water partition coefficient (Wildman–Crippen LogP) is 3.07. The fourth-order valence-corrected chi connectivity index (χ4v) is 3.04. The molecule has 0 aliphatic carbocycles. The quantitative estimate of drug-likeness (QED) is 0.908. The predicted molar refractivity (Wildman–Crippen MR) is 75.5 cm³/mol. The summed E-state index contributed by atoms with van der Waals surface area (Å²) >= 11 is 0. The summed E-state index contributed by atoms with van der Waals surface area (Å²) in [7, 11) is 0. The molecule has 2 rings (SSSR count). The van der Waals surface area contributed by atoms with Crippen LogP contribution in [0.4, 0.5) is 4.39 Å². The Balaban J connectivity index is 2.09. The molecule has 1 fully saturated rings. The molecular formula is C16H24FNO. The topological polar surface area (TPSA) is 23.5 Å². The second-order valence-corrected chi connectivity index (χ2v) is 6.19. The second-order valence-electron chi connectivity index (χ2n) is 6.19. The zero-order chi connectivity index (χ0) is 14.0. The number of halogens is 1. The molecule has 0 atom stereocenters. The molecule has 0 spiro atoms. The summed E-state index contributed by atoms with van der Waals surface area (Å²) in [6.45, 7) is 9.20. The van der Waals surface area contributed by atoms with Crippen LogP contribution in [0, 0.1) is 18.7 Å². The Labute approximate surface area is 115 Å². The molecule has 1 aliphatic heterocycles. The number of nitrogens with zero attached hydrogens (tertiary/aromatic N) is 1. The normalized spacial score (nSPS) is 19.9. The van der Waals surface area contributed by atoms with Crippen molar-refractivity contribution in [2.24, 2.45) is 5.92 Å². The lowest BCUT2D eigenvalue weighted by atomic mass is 9.82. The molecule has 0 bridgehead atoms. The molecule has 19 heavy (non-hydrogen) atoms. The first-order valence-electron chi connectivity index (χ1n) is 7.12. The zero-order valence-electron chi connectivity index (χ0n) is 12.1. The van der Waals surface area contributed by atoms with Gasteiger partial charge in [0.2, 0.25) is 0 Å². The van der Waals surface area contributed by atoms with Crippen LogP contribution < -0.4 is 0 Å². The van der Waals surface area contributed by atoms with E-state index in [1.807, 2.05) is 6.92 Å². The minimum atomic E-state index is -0.786. The lowest BCUT2D eigenvalue weighted by Crippen LogP contribution is -2.44. The van der Waals surface area contributed by atoms with Gasteiger partial charge < -0.3 is 10.0 Å². The van der Waals surface area contributed by atoms with Crippen LogP contribution in [-0.2, 0) is 5.60 Å². The largest absolute Gasteiger partial charge is 0.385 e. The van der Waals surface area contributed by atoms with Crippen molar-refractivity contribution in [3.63, 3.8) is 0 Å². The highest BCUT2D eigenvalue weighted by Crippen LogP contribution is 2.35. The highest BCUT2D eigenvalue weighted by Gasteiger charge is 2.35. The average Bonchev–Trinajstić information content (AvgIpc) is 2.31. The average molecular weight is 265 g/mol. The van der Waals surface area contributed by atoms with Gasteiger partial charge in [0.15, 0.2) is 0 Å². The van der Waals surface area contributed by atoms with E-state index in [1.165, 1.54) is 12.1 Å². The summed E-state index contributed by atoms with van der Waals surface area (Å²) in [5.74, 6) is 0.417. The fourth-order valence-electron chi connectivity index (χ4n) is 3.04. The van der Waals surface area contributed by atoms with Crippen molar-refractivity contribution in [2.45, 2.75) is 39.2 Å². The van der Waals surface area contributed by atoms with Gasteiger partial charge >= 0.3 is 0 Å². The molecule has 3 heteroatoms. The van der Waals surface area contributed by atoms with Crippen LogP contribution in [-0.4, -0.2) is 29.6 Å². The standard InChI is InChI=1S/C16H24FNO/c1-12(2)11-18-8-6-16(19,7-9-18)15-5-4-14(17)10-13(15)3/h4-5,10,12,19H,6-9,11H2,1-3H3. The summed E-state index contributed by atoms with van der Waals surface area (Å²) in [5, 5.41) is 10.8. The lowest BCUT2D eigenvalue weighted by molar-refractivity contribution is -0.0284. The molecule has 0 aromatic heterocycles. The van der Waals surface area contributed by atoms with Crippen LogP contribution >= 0.6 is 0 Å². The molecule has 0 unspecified atom stereocenters. The van der Waals surface area contributed by atoms with E-state index in [9.17, 15) is 9.50 Å². The van der Waals surface area contributed by atoms with Gasteiger partial charge in [0, 0.05) is 19.6 Å². The molecule has 1 saturated heterocycles. The lowest BCUT2D eigenvalue weighted by Gasteiger charge is -2.39. The summed E-state index contributed by atoms with van der Waals surface area (Å²) < 4.78 is 13.2. The third-order valence-corrected chi connectivity index (χ3v) is 4.00. The van der Waals surface area contributed by atoms with Crippen molar-refractivity contribution >= 4 is 0 Å². The number of hydrogen-bond donors (Lipinski definition) is 1. The van der Waals surface area contributed by atoms with Gasteiger partial charge in [-0.1, -0.05) is 19.9 Å². The molecule has 0 radical (unpaired) electrons. The van der Waals surface area contributed by atoms with Gasteiger partial charge in [0.25, 0.3) is 0 Å². The van der Waals surface area contributed by atoms with E-state index < -0.39 is 5.60 Å². The molecule has 1 aliphatic rings. The number of piperidine rings is 1. The molecule has 1 aromatic rings. The van der Waals surface area contributed by atoms with Gasteiger partial charge in [-0.05, 0) is 48.9 Å². The summed E-state index contributed by atoms with van der Waals surface area (Å²) in [4.78, 5) is 2.40. The molecule has 0 amide bonds. The Bertz CT molecular complexity index is 436. The van der Waals surface area contributed by atoms with E-state index in [0.29, 0.717) is 5.92 Å². The minimum Gasteiger partial charge on any atom is -0.385 e. The number of hydrogen-bond acceptors (Lipinski definition) is 2. The van der Waals surface area contributed by atoms with E-state index in [-0.39, 0.29) is 5.82 Å². The van der Waals surface area contributed by atoms with E-state index in [0.717, 1.165) is 43.6 Å². The molecule has 2 nitrogen and oxygen atoms in total. The Morgan fingerprint density at radius 2 is 1.95 bits per heavy atom. The number of likely N-dealkylation sites (tertiary alicyclic amines) is 1. The van der Waals surface area contributed by atoms with E-state index in [2.05, 4.69) is 18.7 Å². The van der Waals surface area contributed by atoms with Gasteiger partial charge in [0.05, 0.1) is 5.60 Å². The Morgan fingerprint density at radius 3 is 2.47 bits per heavy atom. The van der Waals surface area contributed by atoms with Crippen molar-refractivity contribution in [3.8, 4) is 0 Å². The van der Waals surface area contributed by atoms with E-state index in [1.54, 1.807) is 6.07 Å². The fraction of sp³-hybridized carbons (Fsp3) is 0.625. The van der Waals surface area contributed by atoms with Crippen LogP contribution in [0.3, 0.4) is 0 Å². The Hall–Kier alpha value is -0.930. The van der Waals surface area contributed by atoms with Crippen LogP contribution in [0.2, 0.25) is 0 Å². The molecule has 106 valence electrons. The maximum atomic E-state index is 13.2. The zero-order valence-corrected chi connectivity index (χ0v) is 12.1. The number of rotatable bonds is 3. The van der Waals surface area contributed by atoms with Gasteiger partial charge in [-0.15, -0.1) is 0 Å². The molecule has 1 aromatic carbocycles. The first kappa shape index (κ1) is 14.5. The number of benzene rings is 1. The maximum Gasteiger partial charge on any atom is 0.123 e. The number of aryl methyl sites for hydroxylation is 1. The molecule has 1 heterocycles. The van der Waals surface area contributed by atoms with Crippen molar-refractivity contribution in [3.05, 3.63) is 35.1 Å². The van der Waals surface area contributed by atoms with Gasteiger partial charge in [-0.25, -0.2) is 4.39 Å². The van der Waals surface area contributed by atoms with Crippen LogP contribution in [0.15, 0.2) is 18.2 Å². The molecular weight excluding hydrogens is 241 g/mol. The van der Waals surface area contributed by atoms with Crippen LogP contribution in [0.25, 0.3) is 0 Å². The molecule has 1 N–H and O–H groups in total. The van der Waals surface area contributed by atoms with Crippen molar-refractivity contribution < 1.29 is 9.50 Å².